The monoisotopic (exact) mass is 362 g/mol. The van der Waals surface area contributed by atoms with E-state index in [9.17, 15) is 4.79 Å². The summed E-state index contributed by atoms with van der Waals surface area (Å²) in [5, 5.41) is 2.16. The summed E-state index contributed by atoms with van der Waals surface area (Å²) in [5.74, 6) is 0.738. The molecule has 1 amide bonds. The van der Waals surface area contributed by atoms with Crippen molar-refractivity contribution in [3.8, 4) is 0 Å². The fourth-order valence-corrected chi connectivity index (χ4v) is 4.53. The molecular weight excluding hydrogens is 348 g/mol. The summed E-state index contributed by atoms with van der Waals surface area (Å²) in [7, 11) is 0. The van der Waals surface area contributed by atoms with Gasteiger partial charge in [0.25, 0.3) is 5.91 Å². The van der Waals surface area contributed by atoms with Crippen molar-refractivity contribution in [3.63, 3.8) is 0 Å². The smallest absolute Gasteiger partial charge is 0.257 e. The van der Waals surface area contributed by atoms with Crippen LogP contribution >= 0.6 is 27.3 Å². The van der Waals surface area contributed by atoms with Crippen LogP contribution in [-0.2, 0) is 6.42 Å². The molecule has 1 saturated carbocycles. The number of hydrogen-bond donors (Lipinski definition) is 0. The predicted octanol–water partition coefficient (Wildman–Crippen LogP) is 4.06. The molecule has 3 heterocycles. The maximum absolute atomic E-state index is 13.0. The lowest BCUT2D eigenvalue weighted by atomic mass is 9.95. The quantitative estimate of drug-likeness (QED) is 0.754. The highest BCUT2D eigenvalue weighted by atomic mass is 79.9. The van der Waals surface area contributed by atoms with Crippen molar-refractivity contribution in [2.75, 3.05) is 6.54 Å². The van der Waals surface area contributed by atoms with E-state index in [4.69, 9.17) is 0 Å². The number of rotatable bonds is 2. The first-order chi connectivity index (χ1) is 10.3. The molecule has 1 unspecified atom stereocenters. The molecule has 5 heteroatoms. The fraction of sp³-hybridized carbons (Fsp3) is 0.375. The van der Waals surface area contributed by atoms with E-state index in [1.165, 1.54) is 23.3 Å². The van der Waals surface area contributed by atoms with Gasteiger partial charge in [-0.15, -0.1) is 11.3 Å². The minimum atomic E-state index is 0.101. The van der Waals surface area contributed by atoms with Gasteiger partial charge in [0.1, 0.15) is 4.60 Å². The summed E-state index contributed by atoms with van der Waals surface area (Å²) >= 11 is 5.23. The number of halogens is 1. The second-order valence-corrected chi connectivity index (χ2v) is 7.42. The van der Waals surface area contributed by atoms with E-state index in [1.54, 1.807) is 6.20 Å². The molecule has 4 rings (SSSR count). The molecule has 2 aromatic heterocycles. The van der Waals surface area contributed by atoms with Crippen LogP contribution in [0.2, 0.25) is 0 Å². The van der Waals surface area contributed by atoms with Gasteiger partial charge in [-0.2, -0.15) is 0 Å². The van der Waals surface area contributed by atoms with Crippen molar-refractivity contribution in [1.82, 2.24) is 9.88 Å². The van der Waals surface area contributed by atoms with E-state index in [0.717, 1.165) is 13.0 Å². The molecule has 0 aromatic carbocycles. The standard InChI is InChI=1S/C16H15BrN2OS/c17-15-12(2-1-7-18-15)16(20)19-8-5-13-11(6-9-21-13)14(19)10-3-4-10/h1-2,6-7,9-10,14H,3-5,8H2. The van der Waals surface area contributed by atoms with E-state index in [0.29, 0.717) is 16.1 Å². The van der Waals surface area contributed by atoms with Crippen LogP contribution in [0.1, 0.15) is 39.7 Å². The lowest BCUT2D eigenvalue weighted by Crippen LogP contribution is -2.40. The maximum atomic E-state index is 13.0. The van der Waals surface area contributed by atoms with Crippen LogP contribution in [0.5, 0.6) is 0 Å². The maximum Gasteiger partial charge on any atom is 0.257 e. The SMILES string of the molecule is O=C(c1cccnc1Br)N1CCc2sccc2C1C1CC1. The summed E-state index contributed by atoms with van der Waals surface area (Å²) in [5.41, 5.74) is 2.05. The van der Waals surface area contributed by atoms with Crippen LogP contribution in [0.3, 0.4) is 0 Å². The second-order valence-electron chi connectivity index (χ2n) is 5.67. The molecule has 0 saturated heterocycles. The molecule has 3 nitrogen and oxygen atoms in total. The molecule has 108 valence electrons. The van der Waals surface area contributed by atoms with E-state index in [2.05, 4.69) is 37.3 Å². The van der Waals surface area contributed by atoms with E-state index in [-0.39, 0.29) is 11.9 Å². The van der Waals surface area contributed by atoms with Gasteiger partial charge in [-0.1, -0.05) is 0 Å². The van der Waals surface area contributed by atoms with Gasteiger partial charge in [-0.3, -0.25) is 4.79 Å². The molecule has 1 fully saturated rings. The third-order valence-corrected chi connectivity index (χ3v) is 5.96. The Labute approximate surface area is 136 Å². The number of carbonyl (C=O) groups excluding carboxylic acids is 1. The van der Waals surface area contributed by atoms with Crippen molar-refractivity contribution in [3.05, 3.63) is 50.4 Å². The third-order valence-electron chi connectivity index (χ3n) is 4.33. The summed E-state index contributed by atoms with van der Waals surface area (Å²) in [6.45, 7) is 0.814. The number of fused-ring (bicyclic) bond motifs is 1. The topological polar surface area (TPSA) is 33.2 Å². The molecule has 0 bridgehead atoms. The number of nitrogens with zero attached hydrogens (tertiary/aromatic N) is 2. The van der Waals surface area contributed by atoms with Gasteiger partial charge in [0, 0.05) is 17.6 Å². The Bertz CT molecular complexity index is 695. The zero-order valence-corrected chi connectivity index (χ0v) is 13.9. The summed E-state index contributed by atoms with van der Waals surface area (Å²) in [6, 6.07) is 6.15. The molecule has 2 aliphatic rings. The molecule has 0 N–H and O–H groups in total. The molecule has 0 spiro atoms. The largest absolute Gasteiger partial charge is 0.331 e. The van der Waals surface area contributed by atoms with Crippen molar-refractivity contribution >= 4 is 33.2 Å². The zero-order chi connectivity index (χ0) is 14.4. The lowest BCUT2D eigenvalue weighted by Gasteiger charge is -2.36. The van der Waals surface area contributed by atoms with Gasteiger partial charge >= 0.3 is 0 Å². The lowest BCUT2D eigenvalue weighted by molar-refractivity contribution is 0.0635. The first-order valence-corrected chi connectivity index (χ1v) is 8.90. The van der Waals surface area contributed by atoms with Crippen molar-refractivity contribution in [1.29, 1.82) is 0 Å². The van der Waals surface area contributed by atoms with Crippen molar-refractivity contribution in [2.45, 2.75) is 25.3 Å². The van der Waals surface area contributed by atoms with E-state index in [1.807, 2.05) is 23.5 Å². The number of amides is 1. The summed E-state index contributed by atoms with van der Waals surface area (Å²) in [6.07, 6.45) is 5.14. The number of hydrogen-bond acceptors (Lipinski definition) is 3. The zero-order valence-electron chi connectivity index (χ0n) is 11.5. The van der Waals surface area contributed by atoms with Crippen LogP contribution in [0, 0.1) is 5.92 Å². The van der Waals surface area contributed by atoms with Crippen LogP contribution in [0.15, 0.2) is 34.4 Å². The number of aromatic nitrogens is 1. The van der Waals surface area contributed by atoms with Gasteiger partial charge in [0.15, 0.2) is 0 Å². The first-order valence-electron chi connectivity index (χ1n) is 7.23. The van der Waals surface area contributed by atoms with Crippen LogP contribution in [-0.4, -0.2) is 22.3 Å². The Kier molecular flexibility index (Phi) is 3.34. The third kappa shape index (κ3) is 2.32. The molecule has 0 radical (unpaired) electrons. The summed E-state index contributed by atoms with van der Waals surface area (Å²) < 4.78 is 0.640. The predicted molar refractivity (Wildman–Crippen MR) is 86.5 cm³/mol. The highest BCUT2D eigenvalue weighted by Crippen LogP contribution is 2.48. The normalized spacial score (nSPS) is 21.2. The first kappa shape index (κ1) is 13.5. The van der Waals surface area contributed by atoms with Crippen molar-refractivity contribution in [2.24, 2.45) is 5.92 Å². The van der Waals surface area contributed by atoms with Gasteiger partial charge in [-0.25, -0.2) is 4.98 Å². The van der Waals surface area contributed by atoms with Crippen LogP contribution in [0.4, 0.5) is 0 Å². The Morgan fingerprint density at radius 1 is 1.38 bits per heavy atom. The molecule has 21 heavy (non-hydrogen) atoms. The van der Waals surface area contributed by atoms with E-state index >= 15 is 0 Å². The molecule has 1 aliphatic carbocycles. The molecule has 1 atom stereocenters. The van der Waals surface area contributed by atoms with Crippen LogP contribution in [0.25, 0.3) is 0 Å². The molecular formula is C16H15BrN2OS. The highest BCUT2D eigenvalue weighted by Gasteiger charge is 2.42. The number of thiophene rings is 1. The van der Waals surface area contributed by atoms with Crippen LogP contribution < -0.4 is 0 Å². The Balaban J connectivity index is 1.71. The fourth-order valence-electron chi connectivity index (χ4n) is 3.19. The number of pyridine rings is 1. The summed E-state index contributed by atoms with van der Waals surface area (Å²) in [4.78, 5) is 20.7. The second kappa shape index (κ2) is 5.21. The van der Waals surface area contributed by atoms with E-state index < -0.39 is 0 Å². The average Bonchev–Trinajstić information content (AvgIpc) is 3.22. The highest BCUT2D eigenvalue weighted by molar-refractivity contribution is 9.10. The van der Waals surface area contributed by atoms with Gasteiger partial charge < -0.3 is 4.90 Å². The number of carbonyl (C=O) groups is 1. The van der Waals surface area contributed by atoms with Gasteiger partial charge in [0.2, 0.25) is 0 Å². The Hall–Kier alpha value is -1.20. The molecule has 2 aromatic rings. The Morgan fingerprint density at radius 3 is 3.00 bits per heavy atom. The molecule has 1 aliphatic heterocycles. The minimum Gasteiger partial charge on any atom is -0.331 e. The Morgan fingerprint density at radius 2 is 2.24 bits per heavy atom. The minimum absolute atomic E-state index is 0.101. The average molecular weight is 363 g/mol. The van der Waals surface area contributed by atoms with Gasteiger partial charge in [0.05, 0.1) is 11.6 Å². The van der Waals surface area contributed by atoms with Crippen molar-refractivity contribution < 1.29 is 4.79 Å². The van der Waals surface area contributed by atoms with Gasteiger partial charge in [-0.05, 0) is 70.3 Å².